The van der Waals surface area contributed by atoms with Crippen molar-refractivity contribution >= 4 is 24.1 Å². The van der Waals surface area contributed by atoms with Crippen LogP contribution in [0, 0.1) is 5.41 Å². The molecule has 0 aromatic rings. The Balaban J connectivity index is -0.000000180. The molecule has 0 aliphatic rings. The van der Waals surface area contributed by atoms with Crippen molar-refractivity contribution in [1.29, 1.82) is 5.41 Å². The SMILES string of the molecule is CC(=O)O.CCOC(=O)C=N.CCOC(C)=O. The average molecular weight is 249 g/mol. The third kappa shape index (κ3) is 55.6. The third-order valence-electron chi connectivity index (χ3n) is 0.752. The third-order valence-corrected chi connectivity index (χ3v) is 0.752. The van der Waals surface area contributed by atoms with Crippen molar-refractivity contribution in [3.05, 3.63) is 0 Å². The molecule has 0 unspecified atom stereocenters. The van der Waals surface area contributed by atoms with Gasteiger partial charge in [0.1, 0.15) is 6.21 Å². The maximum Gasteiger partial charge on any atom is 0.348 e. The first-order chi connectivity index (χ1) is 7.81. The fourth-order valence-electron chi connectivity index (χ4n) is 0.387. The van der Waals surface area contributed by atoms with Crippen molar-refractivity contribution in [1.82, 2.24) is 0 Å². The number of hydrogen-bond donors (Lipinski definition) is 2. The Kier molecular flexibility index (Phi) is 19.9. The topological polar surface area (TPSA) is 114 Å². The van der Waals surface area contributed by atoms with Crippen LogP contribution in [0.15, 0.2) is 0 Å². The van der Waals surface area contributed by atoms with Gasteiger partial charge in [-0.05, 0) is 13.8 Å². The molecule has 2 N–H and O–H groups in total. The summed E-state index contributed by atoms with van der Waals surface area (Å²) >= 11 is 0. The van der Waals surface area contributed by atoms with E-state index in [4.69, 9.17) is 15.3 Å². The van der Waals surface area contributed by atoms with E-state index in [0.29, 0.717) is 19.4 Å². The number of carbonyl (C=O) groups is 3. The highest BCUT2D eigenvalue weighted by Gasteiger charge is 1.88. The summed E-state index contributed by atoms with van der Waals surface area (Å²) < 4.78 is 8.71. The van der Waals surface area contributed by atoms with Gasteiger partial charge in [0, 0.05) is 13.8 Å². The molecule has 0 spiro atoms. The fourth-order valence-corrected chi connectivity index (χ4v) is 0.387. The number of aliphatic carboxylic acids is 1. The molecule has 0 fully saturated rings. The van der Waals surface area contributed by atoms with E-state index in [9.17, 15) is 9.59 Å². The number of hydrogen-bond acceptors (Lipinski definition) is 6. The lowest BCUT2D eigenvalue weighted by molar-refractivity contribution is -0.140. The van der Waals surface area contributed by atoms with Gasteiger partial charge in [-0.2, -0.15) is 0 Å². The van der Waals surface area contributed by atoms with Crippen molar-refractivity contribution in [2.75, 3.05) is 13.2 Å². The number of ether oxygens (including phenoxy) is 2. The quantitative estimate of drug-likeness (QED) is 0.566. The summed E-state index contributed by atoms with van der Waals surface area (Å²) in [6.07, 6.45) is 0.642. The molecule has 0 rings (SSSR count). The molecular weight excluding hydrogens is 230 g/mol. The van der Waals surface area contributed by atoms with Crippen molar-refractivity contribution in [3.63, 3.8) is 0 Å². The molecule has 0 radical (unpaired) electrons. The number of carboxylic acids is 1. The Morgan fingerprint density at radius 3 is 1.53 bits per heavy atom. The van der Waals surface area contributed by atoms with E-state index in [1.165, 1.54) is 6.92 Å². The van der Waals surface area contributed by atoms with Crippen LogP contribution in [0.3, 0.4) is 0 Å². The second-order valence-electron chi connectivity index (χ2n) is 2.34. The first-order valence-corrected chi connectivity index (χ1v) is 4.81. The Morgan fingerprint density at radius 2 is 1.47 bits per heavy atom. The molecule has 0 atom stereocenters. The Hall–Kier alpha value is -1.92. The van der Waals surface area contributed by atoms with E-state index in [0.717, 1.165) is 6.92 Å². The molecule has 0 bridgehead atoms. The van der Waals surface area contributed by atoms with Gasteiger partial charge in [0.05, 0.1) is 13.2 Å². The Bertz CT molecular complexity index is 235. The normalized spacial score (nSPS) is 7.29. The number of rotatable bonds is 3. The largest absolute Gasteiger partial charge is 0.481 e. The second kappa shape index (κ2) is 16.5. The molecule has 7 nitrogen and oxygen atoms in total. The van der Waals surface area contributed by atoms with E-state index in [1.54, 1.807) is 13.8 Å². The van der Waals surface area contributed by atoms with Crippen molar-refractivity contribution in [3.8, 4) is 0 Å². The average Bonchev–Trinajstić information content (AvgIpc) is 2.17. The highest BCUT2D eigenvalue weighted by molar-refractivity contribution is 6.21. The van der Waals surface area contributed by atoms with Crippen molar-refractivity contribution < 1.29 is 29.0 Å². The highest BCUT2D eigenvalue weighted by Crippen LogP contribution is 1.69. The fraction of sp³-hybridized carbons (Fsp3) is 0.600. The van der Waals surface area contributed by atoms with Crippen LogP contribution in [-0.2, 0) is 23.9 Å². The molecule has 0 aliphatic carbocycles. The molecule has 17 heavy (non-hydrogen) atoms. The molecule has 0 aromatic heterocycles. The lowest BCUT2D eigenvalue weighted by Gasteiger charge is -1.89. The van der Waals surface area contributed by atoms with Crippen molar-refractivity contribution in [2.24, 2.45) is 0 Å². The van der Waals surface area contributed by atoms with Crippen LogP contribution >= 0.6 is 0 Å². The summed E-state index contributed by atoms with van der Waals surface area (Å²) in [6.45, 7) is 6.77. The van der Waals surface area contributed by atoms with E-state index in [2.05, 4.69) is 9.47 Å². The monoisotopic (exact) mass is 249 g/mol. The van der Waals surface area contributed by atoms with Crippen LogP contribution in [0.25, 0.3) is 0 Å². The van der Waals surface area contributed by atoms with Crippen LogP contribution in [0.1, 0.15) is 27.7 Å². The molecule has 0 saturated carbocycles. The smallest absolute Gasteiger partial charge is 0.348 e. The lowest BCUT2D eigenvalue weighted by Crippen LogP contribution is -2.02. The maximum atomic E-state index is 9.95. The molecule has 0 aliphatic heterocycles. The Morgan fingerprint density at radius 1 is 1.12 bits per heavy atom. The molecule has 0 saturated heterocycles. The van der Waals surface area contributed by atoms with Crippen LogP contribution in [0.4, 0.5) is 0 Å². The number of carboxylic acid groups (broad SMARTS) is 1. The van der Waals surface area contributed by atoms with Gasteiger partial charge in [-0.15, -0.1) is 0 Å². The maximum absolute atomic E-state index is 9.95. The minimum Gasteiger partial charge on any atom is -0.481 e. The lowest BCUT2D eigenvalue weighted by atomic mass is 10.7. The minimum atomic E-state index is -0.833. The van der Waals surface area contributed by atoms with Gasteiger partial charge in [-0.1, -0.05) is 0 Å². The molecule has 0 amide bonds. The zero-order valence-electron chi connectivity index (χ0n) is 10.5. The van der Waals surface area contributed by atoms with Gasteiger partial charge < -0.3 is 20.0 Å². The Labute approximate surface area is 100 Å². The summed E-state index contributed by atoms with van der Waals surface area (Å²) in [7, 11) is 0. The van der Waals surface area contributed by atoms with E-state index in [-0.39, 0.29) is 5.97 Å². The van der Waals surface area contributed by atoms with Crippen LogP contribution in [-0.4, -0.2) is 42.4 Å². The first-order valence-electron chi connectivity index (χ1n) is 4.81. The molecule has 7 heteroatoms. The number of nitrogens with one attached hydrogen (secondary N) is 1. The van der Waals surface area contributed by atoms with E-state index >= 15 is 0 Å². The minimum absolute atomic E-state index is 0.211. The first kappa shape index (κ1) is 20.5. The van der Waals surface area contributed by atoms with Gasteiger partial charge in [-0.25, -0.2) is 4.79 Å². The van der Waals surface area contributed by atoms with Gasteiger partial charge >= 0.3 is 11.9 Å². The van der Waals surface area contributed by atoms with Gasteiger partial charge in [0.25, 0.3) is 5.97 Å². The summed E-state index contributed by atoms with van der Waals surface area (Å²) in [5.74, 6) is -1.62. The molecular formula is C10H19NO6. The van der Waals surface area contributed by atoms with Crippen LogP contribution in [0.5, 0.6) is 0 Å². The second-order valence-corrected chi connectivity index (χ2v) is 2.34. The zero-order chi connectivity index (χ0) is 14.3. The summed E-state index contributed by atoms with van der Waals surface area (Å²) in [5, 5.41) is 13.7. The van der Waals surface area contributed by atoms with Gasteiger partial charge in [0.2, 0.25) is 0 Å². The predicted octanol–water partition coefficient (Wildman–Crippen LogP) is 0.859. The predicted molar refractivity (Wildman–Crippen MR) is 61.0 cm³/mol. The summed E-state index contributed by atoms with van der Waals surface area (Å²) in [6, 6.07) is 0. The molecule has 0 heterocycles. The van der Waals surface area contributed by atoms with Gasteiger partial charge in [0.15, 0.2) is 0 Å². The van der Waals surface area contributed by atoms with E-state index in [1.807, 2.05) is 0 Å². The standard InChI is InChI=1S/C4H7NO2.C4H8O2.C2H4O2/c1-2-7-4(6)3-5;1-3-6-4(2)5;1-2(3)4/h3,5H,2H2,1H3;3H2,1-2H3;1H3,(H,3,4). The summed E-state index contributed by atoms with van der Waals surface area (Å²) in [4.78, 5) is 28.8. The molecule has 100 valence electrons. The summed E-state index contributed by atoms with van der Waals surface area (Å²) in [5.41, 5.74) is 0. The van der Waals surface area contributed by atoms with Gasteiger partial charge in [-0.3, -0.25) is 9.59 Å². The number of carbonyl (C=O) groups excluding carboxylic acids is 2. The van der Waals surface area contributed by atoms with Crippen LogP contribution < -0.4 is 0 Å². The van der Waals surface area contributed by atoms with E-state index < -0.39 is 11.9 Å². The van der Waals surface area contributed by atoms with Crippen LogP contribution in [0.2, 0.25) is 0 Å². The highest BCUT2D eigenvalue weighted by atomic mass is 16.5. The number of esters is 2. The molecule has 0 aromatic carbocycles. The zero-order valence-corrected chi connectivity index (χ0v) is 10.5. The van der Waals surface area contributed by atoms with Crippen molar-refractivity contribution in [2.45, 2.75) is 27.7 Å².